The average molecular weight is 459 g/mol. The summed E-state index contributed by atoms with van der Waals surface area (Å²) >= 11 is 0. The topological polar surface area (TPSA) is 84.9 Å². The SMILES string of the molecule is COc1ccc(NS(=O)(=O)c2cccc(C(=O)N(C)CCOc3ccccc3F)c2)cc1. The van der Waals surface area contributed by atoms with E-state index in [0.717, 1.165) is 0 Å². The number of likely N-dealkylation sites (N-methyl/N-ethyl adjacent to an activating group) is 1. The molecule has 1 N–H and O–H groups in total. The van der Waals surface area contributed by atoms with E-state index < -0.39 is 15.8 Å². The highest BCUT2D eigenvalue weighted by Crippen LogP contribution is 2.20. The summed E-state index contributed by atoms with van der Waals surface area (Å²) in [5.74, 6) is -0.166. The molecular weight excluding hydrogens is 435 g/mol. The number of carbonyl (C=O) groups excluding carboxylic acids is 1. The largest absolute Gasteiger partial charge is 0.497 e. The Morgan fingerprint density at radius 1 is 1.03 bits per heavy atom. The summed E-state index contributed by atoms with van der Waals surface area (Å²) in [4.78, 5) is 14.1. The van der Waals surface area contributed by atoms with Gasteiger partial charge in [0, 0.05) is 18.3 Å². The summed E-state index contributed by atoms with van der Waals surface area (Å²) in [5, 5.41) is 0. The van der Waals surface area contributed by atoms with E-state index in [9.17, 15) is 17.6 Å². The molecule has 32 heavy (non-hydrogen) atoms. The number of ether oxygens (including phenoxy) is 2. The zero-order valence-electron chi connectivity index (χ0n) is 17.6. The summed E-state index contributed by atoms with van der Waals surface area (Å²) in [6.45, 7) is 0.272. The minimum Gasteiger partial charge on any atom is -0.497 e. The normalized spacial score (nSPS) is 11.0. The number of carbonyl (C=O) groups is 1. The highest BCUT2D eigenvalue weighted by molar-refractivity contribution is 7.92. The molecule has 9 heteroatoms. The maximum atomic E-state index is 13.6. The number of nitrogens with zero attached hydrogens (tertiary/aromatic N) is 1. The molecule has 0 unspecified atom stereocenters. The zero-order valence-corrected chi connectivity index (χ0v) is 18.4. The average Bonchev–Trinajstić information content (AvgIpc) is 2.80. The maximum absolute atomic E-state index is 13.6. The number of amides is 1. The standard InChI is InChI=1S/C23H23FN2O5S/c1-26(14-15-31-22-9-4-3-8-21(22)24)23(27)17-6-5-7-20(16-17)32(28,29)25-18-10-12-19(30-2)13-11-18/h3-13,16,25H,14-15H2,1-2H3. The number of halogens is 1. The molecule has 0 fully saturated rings. The summed E-state index contributed by atoms with van der Waals surface area (Å²) in [7, 11) is -0.822. The van der Waals surface area contributed by atoms with Gasteiger partial charge in [-0.1, -0.05) is 18.2 Å². The second-order valence-electron chi connectivity index (χ2n) is 6.87. The number of hydrogen-bond donors (Lipinski definition) is 1. The van der Waals surface area contributed by atoms with Crippen molar-refractivity contribution >= 4 is 21.6 Å². The molecule has 0 saturated carbocycles. The molecule has 3 aromatic rings. The Balaban J connectivity index is 1.65. The van der Waals surface area contributed by atoms with E-state index in [1.807, 2.05) is 0 Å². The van der Waals surface area contributed by atoms with Gasteiger partial charge in [0.05, 0.1) is 18.6 Å². The van der Waals surface area contributed by atoms with Crippen molar-refractivity contribution in [2.24, 2.45) is 0 Å². The van der Waals surface area contributed by atoms with Crippen LogP contribution in [0.5, 0.6) is 11.5 Å². The van der Waals surface area contributed by atoms with Crippen LogP contribution < -0.4 is 14.2 Å². The molecule has 0 aliphatic carbocycles. The first-order valence-corrected chi connectivity index (χ1v) is 11.2. The Labute approximate surface area is 186 Å². The number of benzene rings is 3. The second kappa shape index (κ2) is 10.1. The van der Waals surface area contributed by atoms with Crippen LogP contribution in [0.1, 0.15) is 10.4 Å². The van der Waals surface area contributed by atoms with Crippen molar-refractivity contribution in [2.45, 2.75) is 4.90 Å². The molecule has 0 bridgehead atoms. The van der Waals surface area contributed by atoms with Crippen molar-refractivity contribution in [3.8, 4) is 11.5 Å². The predicted octanol–water partition coefficient (Wildman–Crippen LogP) is 3.79. The lowest BCUT2D eigenvalue weighted by Crippen LogP contribution is -2.31. The fraction of sp³-hybridized carbons (Fsp3) is 0.174. The van der Waals surface area contributed by atoms with Crippen molar-refractivity contribution in [3.63, 3.8) is 0 Å². The van der Waals surface area contributed by atoms with Gasteiger partial charge in [-0.15, -0.1) is 0 Å². The van der Waals surface area contributed by atoms with E-state index >= 15 is 0 Å². The van der Waals surface area contributed by atoms with Gasteiger partial charge in [0.15, 0.2) is 11.6 Å². The van der Waals surface area contributed by atoms with E-state index in [0.29, 0.717) is 11.4 Å². The van der Waals surface area contributed by atoms with Crippen molar-refractivity contribution < 1.29 is 27.1 Å². The van der Waals surface area contributed by atoms with Gasteiger partial charge in [0.25, 0.3) is 15.9 Å². The number of sulfonamides is 1. The fourth-order valence-electron chi connectivity index (χ4n) is 2.85. The zero-order chi connectivity index (χ0) is 23.1. The number of anilines is 1. The third kappa shape index (κ3) is 5.76. The van der Waals surface area contributed by atoms with E-state index in [2.05, 4.69) is 4.72 Å². The van der Waals surface area contributed by atoms with Crippen molar-refractivity contribution in [3.05, 3.63) is 84.2 Å². The van der Waals surface area contributed by atoms with Crippen LogP contribution in [-0.4, -0.2) is 46.5 Å². The Morgan fingerprint density at radius 3 is 2.44 bits per heavy atom. The van der Waals surface area contributed by atoms with Gasteiger partial charge in [-0.3, -0.25) is 9.52 Å². The molecule has 0 aromatic heterocycles. The van der Waals surface area contributed by atoms with Crippen LogP contribution in [0.15, 0.2) is 77.7 Å². The first-order chi connectivity index (χ1) is 15.3. The van der Waals surface area contributed by atoms with Crippen molar-refractivity contribution in [2.75, 3.05) is 32.0 Å². The minimum absolute atomic E-state index is 0.0461. The van der Waals surface area contributed by atoms with Crippen LogP contribution in [0.3, 0.4) is 0 Å². The molecule has 1 amide bonds. The van der Waals surface area contributed by atoms with E-state index in [1.54, 1.807) is 43.4 Å². The van der Waals surface area contributed by atoms with Crippen molar-refractivity contribution in [1.82, 2.24) is 4.90 Å². The van der Waals surface area contributed by atoms with Crippen LogP contribution in [0.2, 0.25) is 0 Å². The minimum atomic E-state index is -3.90. The molecule has 3 aromatic carbocycles. The molecular formula is C23H23FN2O5S. The lowest BCUT2D eigenvalue weighted by Gasteiger charge is -2.18. The molecule has 0 heterocycles. The second-order valence-corrected chi connectivity index (χ2v) is 8.55. The van der Waals surface area contributed by atoms with Crippen LogP contribution in [-0.2, 0) is 10.0 Å². The molecule has 7 nitrogen and oxygen atoms in total. The third-order valence-corrected chi connectivity index (χ3v) is 5.98. The van der Waals surface area contributed by atoms with Crippen LogP contribution in [0.4, 0.5) is 10.1 Å². The molecule has 168 valence electrons. The number of hydrogen-bond acceptors (Lipinski definition) is 5. The molecule has 0 aliphatic rings. The van der Waals surface area contributed by atoms with E-state index in [-0.39, 0.29) is 35.3 Å². The number of methoxy groups -OCH3 is 1. The molecule has 0 aliphatic heterocycles. The lowest BCUT2D eigenvalue weighted by atomic mass is 10.2. The monoisotopic (exact) mass is 458 g/mol. The van der Waals surface area contributed by atoms with Gasteiger partial charge in [-0.2, -0.15) is 0 Å². The molecule has 3 rings (SSSR count). The first kappa shape index (κ1) is 23.1. The van der Waals surface area contributed by atoms with Crippen molar-refractivity contribution in [1.29, 1.82) is 0 Å². The third-order valence-electron chi connectivity index (χ3n) is 4.60. The number of para-hydroxylation sites is 1. The smallest absolute Gasteiger partial charge is 0.261 e. The number of nitrogens with one attached hydrogen (secondary N) is 1. The summed E-state index contributed by atoms with van der Waals surface area (Å²) in [5.41, 5.74) is 0.570. The van der Waals surface area contributed by atoms with Crippen LogP contribution >= 0.6 is 0 Å². The highest BCUT2D eigenvalue weighted by Gasteiger charge is 2.18. The molecule has 0 radical (unpaired) electrons. The summed E-state index contributed by atoms with van der Waals surface area (Å²) < 4.78 is 52.0. The summed E-state index contributed by atoms with van der Waals surface area (Å²) in [6, 6.07) is 18.2. The Morgan fingerprint density at radius 2 is 1.75 bits per heavy atom. The Kier molecular flexibility index (Phi) is 7.32. The van der Waals surface area contributed by atoms with Crippen LogP contribution in [0, 0.1) is 5.82 Å². The maximum Gasteiger partial charge on any atom is 0.261 e. The Hall–Kier alpha value is -3.59. The van der Waals surface area contributed by atoms with E-state index in [1.165, 1.54) is 48.4 Å². The predicted molar refractivity (Wildman–Crippen MR) is 119 cm³/mol. The van der Waals surface area contributed by atoms with Gasteiger partial charge in [0.1, 0.15) is 12.4 Å². The fourth-order valence-corrected chi connectivity index (χ4v) is 3.95. The number of rotatable bonds is 9. The first-order valence-electron chi connectivity index (χ1n) is 9.70. The molecule has 0 spiro atoms. The van der Waals surface area contributed by atoms with Gasteiger partial charge in [-0.25, -0.2) is 12.8 Å². The Bertz CT molecular complexity index is 1180. The molecule has 0 saturated heterocycles. The van der Waals surface area contributed by atoms with Gasteiger partial charge in [-0.05, 0) is 54.6 Å². The van der Waals surface area contributed by atoms with Gasteiger partial charge >= 0.3 is 0 Å². The van der Waals surface area contributed by atoms with Crippen LogP contribution in [0.25, 0.3) is 0 Å². The summed E-state index contributed by atoms with van der Waals surface area (Å²) in [6.07, 6.45) is 0. The van der Waals surface area contributed by atoms with E-state index in [4.69, 9.17) is 9.47 Å². The lowest BCUT2D eigenvalue weighted by molar-refractivity contribution is 0.0772. The quantitative estimate of drug-likeness (QED) is 0.528. The molecule has 0 atom stereocenters. The highest BCUT2D eigenvalue weighted by atomic mass is 32.2. The van der Waals surface area contributed by atoms with Gasteiger partial charge < -0.3 is 14.4 Å². The van der Waals surface area contributed by atoms with Gasteiger partial charge in [0.2, 0.25) is 0 Å².